The van der Waals surface area contributed by atoms with Gasteiger partial charge in [0, 0.05) is 31.6 Å². The fraction of sp³-hybridized carbons (Fsp3) is 0.800. The maximum Gasteiger partial charge on any atom is 0.320 e. The van der Waals surface area contributed by atoms with E-state index in [1.165, 1.54) is 32.1 Å². The predicted molar refractivity (Wildman–Crippen MR) is 125 cm³/mol. The minimum Gasteiger partial charge on any atom is -0.480 e. The molecule has 0 radical (unpaired) electrons. The molecule has 33 heavy (non-hydrogen) atoms. The first-order valence-electron chi connectivity index (χ1n) is 12.9. The van der Waals surface area contributed by atoms with Gasteiger partial charge < -0.3 is 25.8 Å². The second-order valence-corrected chi connectivity index (χ2v) is 11.7. The molecule has 1 unspecified atom stereocenters. The monoisotopic (exact) mass is 455 g/mol. The molecule has 0 aromatic carbocycles. The molecule has 4 bridgehead atoms. The van der Waals surface area contributed by atoms with Crippen LogP contribution in [0, 0.1) is 35.0 Å². The Bertz CT molecular complexity index is 887. The molecule has 6 aliphatic rings. The summed E-state index contributed by atoms with van der Waals surface area (Å²) in [6.07, 6.45) is 9.76. The summed E-state index contributed by atoms with van der Waals surface area (Å²) in [6, 6.07) is 1.53. The number of carbonyl (C=O) groups is 1. The first-order chi connectivity index (χ1) is 15.9. The summed E-state index contributed by atoms with van der Waals surface area (Å²) in [5.74, 6) is 5.09. The molecule has 2 aliphatic heterocycles. The van der Waals surface area contributed by atoms with Crippen LogP contribution in [0.2, 0.25) is 0 Å². The van der Waals surface area contributed by atoms with Gasteiger partial charge in [0.1, 0.15) is 18.0 Å². The van der Waals surface area contributed by atoms with Gasteiger partial charge in [0.25, 0.3) is 0 Å². The Hall–Kier alpha value is -2.09. The quantitative estimate of drug-likeness (QED) is 0.621. The number of ether oxygens (including phenoxy) is 1. The maximum atomic E-state index is 11.4. The Labute approximate surface area is 195 Å². The highest BCUT2D eigenvalue weighted by Crippen LogP contribution is 2.57. The van der Waals surface area contributed by atoms with Gasteiger partial charge in [-0.25, -0.2) is 0 Å². The fourth-order valence-electron chi connectivity index (χ4n) is 8.34. The zero-order valence-corrected chi connectivity index (χ0v) is 19.6. The van der Waals surface area contributed by atoms with Gasteiger partial charge in [-0.3, -0.25) is 4.79 Å². The molecule has 2 atom stereocenters. The Morgan fingerprint density at radius 3 is 2.45 bits per heavy atom. The van der Waals surface area contributed by atoms with Gasteiger partial charge in [0.2, 0.25) is 11.8 Å². The number of carboxylic acid groups (broad SMARTS) is 1. The number of nitrogen functional groups attached to an aromatic ring is 1. The number of aromatic nitrogens is 2. The topological polar surface area (TPSA) is 114 Å². The first kappa shape index (κ1) is 21.4. The third kappa shape index (κ3) is 3.94. The van der Waals surface area contributed by atoms with E-state index in [4.69, 9.17) is 10.5 Å². The van der Waals surface area contributed by atoms with Crippen LogP contribution < -0.4 is 20.7 Å². The van der Waals surface area contributed by atoms with Crippen LogP contribution in [0.15, 0.2) is 6.07 Å². The van der Waals surface area contributed by atoms with Gasteiger partial charge in [0.15, 0.2) is 0 Å². The normalized spacial score (nSPS) is 37.4. The SMILES string of the molecule is CC(Oc1cc(N2CCC3(CC2)CN[C@H](C(=O)O)C3)nc(N)n1)C1[C@H]2CC3CC(C2)C[C@@H]1C3. The summed E-state index contributed by atoms with van der Waals surface area (Å²) in [7, 11) is 0. The lowest BCUT2D eigenvalue weighted by molar-refractivity contribution is -0.139. The minimum absolute atomic E-state index is 0.0748. The average Bonchev–Trinajstić information content (AvgIpc) is 3.17. The van der Waals surface area contributed by atoms with Crippen molar-refractivity contribution in [2.24, 2.45) is 35.0 Å². The summed E-state index contributed by atoms with van der Waals surface area (Å²) < 4.78 is 6.45. The number of hydrogen-bond donors (Lipinski definition) is 3. The van der Waals surface area contributed by atoms with E-state index in [0.717, 1.165) is 62.0 Å². The second-order valence-electron chi connectivity index (χ2n) is 11.7. The standard InChI is InChI=1S/C25H37N5O3/c1-14(22-17-7-15-6-16(9-17)10-18(22)8-15)33-21-11-20(28-24(26)29-21)30-4-2-25(3-5-30)12-19(23(31)32)27-13-25/h11,14-19,22,27H,2-10,12-13H2,1H3,(H,31,32)(H2,26,28,29)/t14?,15?,16?,17-,18-,19-,22?/m0/s1. The lowest BCUT2D eigenvalue weighted by Gasteiger charge is -2.55. The van der Waals surface area contributed by atoms with E-state index in [0.29, 0.717) is 18.2 Å². The molecule has 4 aliphatic carbocycles. The largest absolute Gasteiger partial charge is 0.480 e. The van der Waals surface area contributed by atoms with Crippen LogP contribution in [0.1, 0.15) is 58.3 Å². The molecular formula is C25H37N5O3. The highest BCUT2D eigenvalue weighted by atomic mass is 16.5. The number of hydrogen-bond acceptors (Lipinski definition) is 7. The molecule has 4 saturated carbocycles. The molecule has 2 saturated heterocycles. The molecule has 1 aromatic heterocycles. The van der Waals surface area contributed by atoms with Crippen LogP contribution in [0.25, 0.3) is 0 Å². The van der Waals surface area contributed by atoms with Crippen molar-refractivity contribution in [3.8, 4) is 5.88 Å². The first-order valence-corrected chi connectivity index (χ1v) is 12.9. The Morgan fingerprint density at radius 1 is 1.18 bits per heavy atom. The number of carboxylic acids is 1. The van der Waals surface area contributed by atoms with Crippen molar-refractivity contribution < 1.29 is 14.6 Å². The summed E-state index contributed by atoms with van der Waals surface area (Å²) >= 11 is 0. The van der Waals surface area contributed by atoms with Crippen molar-refractivity contribution in [2.45, 2.75) is 70.4 Å². The molecule has 8 heteroatoms. The van der Waals surface area contributed by atoms with Gasteiger partial charge in [-0.05, 0) is 87.4 Å². The smallest absolute Gasteiger partial charge is 0.320 e. The molecule has 7 rings (SSSR count). The Kier molecular flexibility index (Phi) is 5.20. The van der Waals surface area contributed by atoms with E-state index in [1.807, 2.05) is 6.07 Å². The molecule has 6 fully saturated rings. The minimum atomic E-state index is -0.743. The molecule has 0 amide bonds. The summed E-state index contributed by atoms with van der Waals surface area (Å²) in [5, 5.41) is 12.5. The summed E-state index contributed by atoms with van der Waals surface area (Å²) in [4.78, 5) is 22.5. The van der Waals surface area contributed by atoms with Gasteiger partial charge >= 0.3 is 5.97 Å². The number of nitrogens with one attached hydrogen (secondary N) is 1. The van der Waals surface area contributed by atoms with Crippen LogP contribution in [0.4, 0.5) is 11.8 Å². The molecule has 4 N–H and O–H groups in total. The van der Waals surface area contributed by atoms with Crippen molar-refractivity contribution in [3.05, 3.63) is 6.07 Å². The molecule has 1 spiro atoms. The van der Waals surface area contributed by atoms with Gasteiger partial charge in [-0.2, -0.15) is 9.97 Å². The number of piperidine rings is 1. The molecule has 8 nitrogen and oxygen atoms in total. The van der Waals surface area contributed by atoms with Crippen LogP contribution >= 0.6 is 0 Å². The predicted octanol–water partition coefficient (Wildman–Crippen LogP) is 2.93. The van der Waals surface area contributed by atoms with Crippen LogP contribution in [-0.4, -0.2) is 52.8 Å². The zero-order chi connectivity index (χ0) is 22.7. The highest BCUT2D eigenvalue weighted by Gasteiger charge is 2.50. The lowest BCUT2D eigenvalue weighted by Crippen LogP contribution is -2.50. The van der Waals surface area contributed by atoms with E-state index in [2.05, 4.69) is 27.1 Å². The number of nitrogens with two attached hydrogens (primary N) is 1. The fourth-order valence-corrected chi connectivity index (χ4v) is 8.34. The number of nitrogens with zero attached hydrogens (tertiary/aromatic N) is 3. The van der Waals surface area contributed by atoms with E-state index < -0.39 is 12.0 Å². The van der Waals surface area contributed by atoms with Crippen LogP contribution in [-0.2, 0) is 4.79 Å². The van der Waals surface area contributed by atoms with E-state index in [9.17, 15) is 9.90 Å². The molecule has 1 aromatic rings. The van der Waals surface area contributed by atoms with Crippen molar-refractivity contribution in [3.63, 3.8) is 0 Å². The summed E-state index contributed by atoms with van der Waals surface area (Å²) in [5.41, 5.74) is 6.17. The van der Waals surface area contributed by atoms with Gasteiger partial charge in [-0.15, -0.1) is 0 Å². The zero-order valence-electron chi connectivity index (χ0n) is 19.6. The van der Waals surface area contributed by atoms with Crippen molar-refractivity contribution in [1.82, 2.24) is 15.3 Å². The van der Waals surface area contributed by atoms with Gasteiger partial charge in [-0.1, -0.05) is 0 Å². The van der Waals surface area contributed by atoms with E-state index in [-0.39, 0.29) is 17.5 Å². The van der Waals surface area contributed by atoms with E-state index >= 15 is 0 Å². The van der Waals surface area contributed by atoms with Gasteiger partial charge in [0.05, 0.1) is 0 Å². The maximum absolute atomic E-state index is 11.4. The highest BCUT2D eigenvalue weighted by molar-refractivity contribution is 5.74. The van der Waals surface area contributed by atoms with Crippen molar-refractivity contribution in [1.29, 1.82) is 0 Å². The number of anilines is 2. The molecular weight excluding hydrogens is 418 g/mol. The summed E-state index contributed by atoms with van der Waals surface area (Å²) in [6.45, 7) is 4.69. The number of rotatable bonds is 5. The molecule has 3 heterocycles. The van der Waals surface area contributed by atoms with Crippen molar-refractivity contribution in [2.75, 3.05) is 30.3 Å². The third-order valence-corrected chi connectivity index (χ3v) is 9.66. The van der Waals surface area contributed by atoms with E-state index in [1.54, 1.807) is 0 Å². The third-order valence-electron chi connectivity index (χ3n) is 9.66. The number of aliphatic carboxylic acids is 1. The molecule has 180 valence electrons. The lowest BCUT2D eigenvalue weighted by atomic mass is 9.51. The average molecular weight is 456 g/mol. The van der Waals surface area contributed by atoms with Crippen LogP contribution in [0.5, 0.6) is 5.88 Å². The Balaban J connectivity index is 1.12. The second kappa shape index (κ2) is 8.00. The van der Waals surface area contributed by atoms with Crippen LogP contribution in [0.3, 0.4) is 0 Å². The Morgan fingerprint density at radius 2 is 1.85 bits per heavy atom. The van der Waals surface area contributed by atoms with Crippen molar-refractivity contribution >= 4 is 17.7 Å².